The number of hydrogen-bond acceptors (Lipinski definition) is 2. The second kappa shape index (κ2) is 7.65. The van der Waals surface area contributed by atoms with E-state index in [9.17, 15) is 9.59 Å². The Hall–Kier alpha value is -1.88. The molecule has 0 fully saturated rings. The van der Waals surface area contributed by atoms with Gasteiger partial charge in [-0.05, 0) is 31.5 Å². The van der Waals surface area contributed by atoms with Gasteiger partial charge in [0, 0.05) is 10.0 Å². The third-order valence-corrected chi connectivity index (χ3v) is 2.99. The Morgan fingerprint density at radius 3 is 2.65 bits per heavy atom. The van der Waals surface area contributed by atoms with Crippen LogP contribution in [0, 0.1) is 0 Å². The van der Waals surface area contributed by atoms with Crippen LogP contribution in [0.15, 0.2) is 46.5 Å². The van der Waals surface area contributed by atoms with Gasteiger partial charge in [0.2, 0.25) is 0 Å². The molecule has 0 aromatic heterocycles. The Bertz CT molecular complexity index is 576. The zero-order chi connectivity index (χ0) is 15.1. The highest BCUT2D eigenvalue weighted by Crippen LogP contribution is 2.22. The number of benzene rings is 1. The van der Waals surface area contributed by atoms with Crippen molar-refractivity contribution in [1.29, 1.82) is 0 Å². The predicted molar refractivity (Wildman–Crippen MR) is 82.9 cm³/mol. The van der Waals surface area contributed by atoms with E-state index in [1.54, 1.807) is 30.4 Å². The molecule has 0 aliphatic heterocycles. The SMILES string of the molecule is C/C=C\C(=C/CC)C(=O)Nc1ccc(Br)cc1C(=O)O. The number of carbonyl (C=O) groups excluding carboxylic acids is 1. The highest BCUT2D eigenvalue weighted by molar-refractivity contribution is 9.10. The summed E-state index contributed by atoms with van der Waals surface area (Å²) in [6.45, 7) is 3.75. The van der Waals surface area contributed by atoms with E-state index in [1.807, 2.05) is 13.8 Å². The molecule has 0 aliphatic carbocycles. The van der Waals surface area contributed by atoms with Crippen LogP contribution in [0.25, 0.3) is 0 Å². The van der Waals surface area contributed by atoms with Crippen LogP contribution < -0.4 is 5.32 Å². The first-order valence-corrected chi connectivity index (χ1v) is 6.96. The van der Waals surface area contributed by atoms with Crippen molar-refractivity contribution in [3.05, 3.63) is 52.0 Å². The van der Waals surface area contributed by atoms with Crippen LogP contribution in [0.5, 0.6) is 0 Å². The number of halogens is 1. The third kappa shape index (κ3) is 4.35. The van der Waals surface area contributed by atoms with Gasteiger partial charge in [-0.2, -0.15) is 0 Å². The zero-order valence-electron chi connectivity index (χ0n) is 11.3. The zero-order valence-corrected chi connectivity index (χ0v) is 12.9. The first-order chi connectivity index (χ1) is 9.49. The van der Waals surface area contributed by atoms with Gasteiger partial charge in [-0.3, -0.25) is 4.79 Å². The molecule has 0 aliphatic rings. The molecule has 20 heavy (non-hydrogen) atoms. The van der Waals surface area contributed by atoms with Crippen molar-refractivity contribution < 1.29 is 14.7 Å². The third-order valence-electron chi connectivity index (χ3n) is 2.49. The Labute approximate surface area is 126 Å². The summed E-state index contributed by atoms with van der Waals surface area (Å²) < 4.78 is 0.644. The van der Waals surface area contributed by atoms with Crippen molar-refractivity contribution in [2.75, 3.05) is 5.32 Å². The lowest BCUT2D eigenvalue weighted by Crippen LogP contribution is -2.16. The Balaban J connectivity index is 3.07. The Morgan fingerprint density at radius 1 is 1.40 bits per heavy atom. The number of amides is 1. The van der Waals surface area contributed by atoms with Gasteiger partial charge in [0.15, 0.2) is 0 Å². The summed E-state index contributed by atoms with van der Waals surface area (Å²) in [6.07, 6.45) is 5.97. The summed E-state index contributed by atoms with van der Waals surface area (Å²) in [4.78, 5) is 23.3. The fourth-order valence-electron chi connectivity index (χ4n) is 1.63. The van der Waals surface area contributed by atoms with Gasteiger partial charge in [-0.25, -0.2) is 4.79 Å². The quantitative estimate of drug-likeness (QED) is 0.630. The number of allylic oxidation sites excluding steroid dienone is 2. The standard InChI is InChI=1S/C15H16BrNO3/c1-3-5-10(6-4-2)14(18)17-13-8-7-11(16)9-12(13)15(19)20/h3,5-9H,4H2,1-2H3,(H,17,18)(H,19,20)/b5-3-,10-6+. The molecule has 106 valence electrons. The molecule has 0 heterocycles. The topological polar surface area (TPSA) is 66.4 Å². The van der Waals surface area contributed by atoms with E-state index in [-0.39, 0.29) is 17.2 Å². The Kier molecular flexibility index (Phi) is 6.18. The monoisotopic (exact) mass is 337 g/mol. The van der Waals surface area contributed by atoms with Gasteiger partial charge in [0.25, 0.3) is 5.91 Å². The van der Waals surface area contributed by atoms with Gasteiger partial charge in [-0.15, -0.1) is 0 Å². The van der Waals surface area contributed by atoms with E-state index in [0.717, 1.165) is 6.42 Å². The van der Waals surface area contributed by atoms with Crippen molar-refractivity contribution in [2.45, 2.75) is 20.3 Å². The average molecular weight is 338 g/mol. The number of aromatic carboxylic acids is 1. The average Bonchev–Trinajstić information content (AvgIpc) is 2.40. The maximum Gasteiger partial charge on any atom is 0.337 e. The van der Waals surface area contributed by atoms with Crippen molar-refractivity contribution >= 4 is 33.5 Å². The van der Waals surface area contributed by atoms with Crippen LogP contribution in [0.2, 0.25) is 0 Å². The molecule has 1 aromatic carbocycles. The largest absolute Gasteiger partial charge is 0.478 e. The molecule has 1 amide bonds. The number of rotatable bonds is 5. The molecule has 0 saturated heterocycles. The maximum absolute atomic E-state index is 12.1. The Morgan fingerprint density at radius 2 is 2.10 bits per heavy atom. The lowest BCUT2D eigenvalue weighted by molar-refractivity contribution is -0.112. The summed E-state index contributed by atoms with van der Waals surface area (Å²) in [5.74, 6) is -1.41. The van der Waals surface area contributed by atoms with Crippen molar-refractivity contribution in [1.82, 2.24) is 0 Å². The van der Waals surface area contributed by atoms with Gasteiger partial charge in [0.05, 0.1) is 11.3 Å². The van der Waals surface area contributed by atoms with Gasteiger partial charge in [-0.1, -0.05) is 41.1 Å². The summed E-state index contributed by atoms with van der Waals surface area (Å²) in [5, 5.41) is 11.8. The highest BCUT2D eigenvalue weighted by atomic mass is 79.9. The number of anilines is 1. The van der Waals surface area contributed by atoms with Crippen LogP contribution in [0.3, 0.4) is 0 Å². The minimum atomic E-state index is -1.09. The fourth-order valence-corrected chi connectivity index (χ4v) is 1.99. The van der Waals surface area contributed by atoms with Crippen LogP contribution >= 0.6 is 15.9 Å². The summed E-state index contributed by atoms with van der Waals surface area (Å²) in [6, 6.07) is 4.70. The van der Waals surface area contributed by atoms with E-state index in [2.05, 4.69) is 21.2 Å². The molecule has 1 rings (SSSR count). The number of hydrogen-bond donors (Lipinski definition) is 2. The molecule has 2 N–H and O–H groups in total. The first-order valence-electron chi connectivity index (χ1n) is 6.16. The fraction of sp³-hybridized carbons (Fsp3) is 0.200. The summed E-state index contributed by atoms with van der Waals surface area (Å²) in [7, 11) is 0. The maximum atomic E-state index is 12.1. The van der Waals surface area contributed by atoms with Gasteiger partial charge >= 0.3 is 5.97 Å². The lowest BCUT2D eigenvalue weighted by Gasteiger charge is -2.09. The first kappa shape index (κ1) is 16.2. The van der Waals surface area contributed by atoms with E-state index >= 15 is 0 Å². The lowest BCUT2D eigenvalue weighted by atomic mass is 10.1. The molecule has 0 unspecified atom stereocenters. The number of carboxylic acids is 1. The van der Waals surface area contributed by atoms with Crippen molar-refractivity contribution in [3.63, 3.8) is 0 Å². The van der Waals surface area contributed by atoms with Crippen LogP contribution in [0.1, 0.15) is 30.6 Å². The minimum absolute atomic E-state index is 0.0454. The molecule has 0 radical (unpaired) electrons. The molecule has 4 nitrogen and oxygen atoms in total. The molecular formula is C15H16BrNO3. The van der Waals surface area contributed by atoms with Gasteiger partial charge < -0.3 is 10.4 Å². The summed E-state index contributed by atoms with van der Waals surface area (Å²) >= 11 is 3.21. The number of carbonyl (C=O) groups is 2. The van der Waals surface area contributed by atoms with E-state index < -0.39 is 5.97 Å². The molecule has 0 saturated carbocycles. The normalized spacial score (nSPS) is 11.7. The molecule has 0 spiro atoms. The van der Waals surface area contributed by atoms with Crippen molar-refractivity contribution in [3.8, 4) is 0 Å². The minimum Gasteiger partial charge on any atom is -0.478 e. The number of carboxylic acid groups (broad SMARTS) is 1. The van der Waals surface area contributed by atoms with Crippen LogP contribution in [-0.2, 0) is 4.79 Å². The van der Waals surface area contributed by atoms with Crippen LogP contribution in [-0.4, -0.2) is 17.0 Å². The van der Waals surface area contributed by atoms with Gasteiger partial charge in [0.1, 0.15) is 0 Å². The molecular weight excluding hydrogens is 322 g/mol. The van der Waals surface area contributed by atoms with Crippen LogP contribution in [0.4, 0.5) is 5.69 Å². The molecule has 0 bridgehead atoms. The number of nitrogens with one attached hydrogen (secondary N) is 1. The second-order valence-corrected chi connectivity index (χ2v) is 4.93. The van der Waals surface area contributed by atoms with E-state index in [4.69, 9.17) is 5.11 Å². The smallest absolute Gasteiger partial charge is 0.337 e. The second-order valence-electron chi connectivity index (χ2n) is 4.02. The highest BCUT2D eigenvalue weighted by Gasteiger charge is 2.14. The summed E-state index contributed by atoms with van der Waals surface area (Å²) in [5.41, 5.74) is 0.829. The molecule has 0 atom stereocenters. The molecule has 5 heteroatoms. The van der Waals surface area contributed by atoms with E-state index in [1.165, 1.54) is 6.07 Å². The molecule has 1 aromatic rings. The predicted octanol–water partition coefficient (Wildman–Crippen LogP) is 4.00. The van der Waals surface area contributed by atoms with E-state index in [0.29, 0.717) is 10.0 Å². The van der Waals surface area contributed by atoms with Crippen molar-refractivity contribution in [2.24, 2.45) is 0 Å².